The van der Waals surface area contributed by atoms with Gasteiger partial charge in [0.2, 0.25) is 0 Å². The minimum Gasteiger partial charge on any atom is -0.369 e. The molecule has 3 heterocycles. The van der Waals surface area contributed by atoms with Gasteiger partial charge in [0.05, 0.1) is 18.2 Å². The van der Waals surface area contributed by atoms with Crippen LogP contribution in [0.5, 0.6) is 0 Å². The number of fused-ring (bicyclic) bond motifs is 1. The molecule has 0 aliphatic carbocycles. The molecular formula is C31H24N2O3. The van der Waals surface area contributed by atoms with E-state index in [2.05, 4.69) is 47.1 Å². The van der Waals surface area contributed by atoms with Crippen LogP contribution in [-0.4, -0.2) is 33.7 Å². The fourth-order valence-corrected chi connectivity index (χ4v) is 4.78. The lowest BCUT2D eigenvalue weighted by atomic mass is 9.87. The van der Waals surface area contributed by atoms with Crippen LogP contribution in [0, 0.1) is 5.92 Å². The first-order valence-electron chi connectivity index (χ1n) is 12.0. The molecule has 5 aromatic rings. The van der Waals surface area contributed by atoms with Crippen molar-refractivity contribution in [2.75, 3.05) is 6.61 Å². The van der Waals surface area contributed by atoms with Gasteiger partial charge in [-0.3, -0.25) is 9.59 Å². The Bertz CT molecular complexity index is 1570. The molecule has 2 aromatic heterocycles. The summed E-state index contributed by atoms with van der Waals surface area (Å²) >= 11 is 0. The van der Waals surface area contributed by atoms with Crippen molar-refractivity contribution >= 4 is 17.2 Å². The van der Waals surface area contributed by atoms with Gasteiger partial charge < -0.3 is 9.14 Å². The van der Waals surface area contributed by atoms with Crippen molar-refractivity contribution in [3.63, 3.8) is 0 Å². The summed E-state index contributed by atoms with van der Waals surface area (Å²) in [6, 6.07) is 30.1. The molecule has 0 amide bonds. The van der Waals surface area contributed by atoms with Crippen LogP contribution in [0.2, 0.25) is 0 Å². The van der Waals surface area contributed by atoms with E-state index in [1.807, 2.05) is 60.7 Å². The van der Waals surface area contributed by atoms with E-state index in [1.54, 1.807) is 0 Å². The number of ketones is 2. The fraction of sp³-hybridized carbons (Fsp3) is 0.129. The number of hydrogen-bond acceptors (Lipinski definition) is 4. The van der Waals surface area contributed by atoms with Crippen LogP contribution >= 0.6 is 0 Å². The summed E-state index contributed by atoms with van der Waals surface area (Å²) in [4.78, 5) is 29.6. The highest BCUT2D eigenvalue weighted by molar-refractivity contribution is 6.02. The van der Waals surface area contributed by atoms with E-state index in [1.165, 1.54) is 6.92 Å². The quantitative estimate of drug-likeness (QED) is 0.279. The van der Waals surface area contributed by atoms with E-state index >= 15 is 0 Å². The van der Waals surface area contributed by atoms with Crippen LogP contribution in [0.1, 0.15) is 17.3 Å². The Kier molecular flexibility index (Phi) is 5.55. The summed E-state index contributed by atoms with van der Waals surface area (Å²) in [7, 11) is 0. The fourth-order valence-electron chi connectivity index (χ4n) is 4.78. The van der Waals surface area contributed by atoms with Crippen molar-refractivity contribution in [1.29, 1.82) is 0 Å². The molecule has 0 N–H and O–H groups in total. The monoisotopic (exact) mass is 472 g/mol. The molecule has 3 aromatic carbocycles. The van der Waals surface area contributed by atoms with Gasteiger partial charge in [0, 0.05) is 29.1 Å². The Morgan fingerprint density at radius 2 is 1.47 bits per heavy atom. The van der Waals surface area contributed by atoms with Gasteiger partial charge in [-0.1, -0.05) is 84.9 Å². The van der Waals surface area contributed by atoms with Crippen LogP contribution in [0.3, 0.4) is 0 Å². The van der Waals surface area contributed by atoms with E-state index in [9.17, 15) is 9.59 Å². The Morgan fingerprint density at radius 3 is 2.08 bits per heavy atom. The van der Waals surface area contributed by atoms with Crippen molar-refractivity contribution in [1.82, 2.24) is 9.38 Å². The summed E-state index contributed by atoms with van der Waals surface area (Å²) in [5.74, 6) is -0.560. The second-order valence-corrected chi connectivity index (χ2v) is 9.14. The Morgan fingerprint density at radius 1 is 0.806 bits per heavy atom. The van der Waals surface area contributed by atoms with Gasteiger partial charge in [-0.25, -0.2) is 4.98 Å². The predicted octanol–water partition coefficient (Wildman–Crippen LogP) is 6.12. The number of imidazole rings is 1. The molecule has 176 valence electrons. The summed E-state index contributed by atoms with van der Waals surface area (Å²) in [6.07, 6.45) is 3.53. The van der Waals surface area contributed by atoms with Gasteiger partial charge in [-0.2, -0.15) is 0 Å². The number of Topliss-reactive ketones (excluding diaryl/α,β-unsaturated/α-hetero) is 2. The number of hydrogen-bond donors (Lipinski definition) is 0. The topological polar surface area (TPSA) is 60.7 Å². The molecule has 5 heteroatoms. The second-order valence-electron chi connectivity index (χ2n) is 9.14. The van der Waals surface area contributed by atoms with Gasteiger partial charge in [-0.15, -0.1) is 0 Å². The average molecular weight is 473 g/mol. The maximum Gasteiger partial charge on any atom is 0.171 e. The van der Waals surface area contributed by atoms with Crippen molar-refractivity contribution < 1.29 is 14.3 Å². The maximum atomic E-state index is 13.0. The first-order valence-corrected chi connectivity index (χ1v) is 12.0. The lowest BCUT2D eigenvalue weighted by Crippen LogP contribution is -2.48. The highest BCUT2D eigenvalue weighted by Gasteiger charge is 2.41. The lowest BCUT2D eigenvalue weighted by molar-refractivity contribution is -0.149. The Labute approximate surface area is 209 Å². The van der Waals surface area contributed by atoms with E-state index < -0.39 is 12.0 Å². The molecule has 1 aliphatic heterocycles. The summed E-state index contributed by atoms with van der Waals surface area (Å²) in [5.41, 5.74) is 7.51. The number of pyridine rings is 1. The van der Waals surface area contributed by atoms with E-state index in [4.69, 9.17) is 9.72 Å². The van der Waals surface area contributed by atoms with Crippen molar-refractivity contribution in [3.8, 4) is 33.5 Å². The molecule has 1 saturated heterocycles. The standard InChI is InChI=1S/C31H24N2O3/c1-20(34)30-27(19-36-30)29(35)24-14-12-22(13-15-24)26-16-25(21-8-4-2-5-9-21)17-33-18-28(32-31(26)33)23-10-6-3-7-11-23/h2-18,27,30H,19H2,1H3. The largest absolute Gasteiger partial charge is 0.369 e. The van der Waals surface area contributed by atoms with E-state index in [-0.39, 0.29) is 11.6 Å². The zero-order valence-corrected chi connectivity index (χ0v) is 19.8. The highest BCUT2D eigenvalue weighted by atomic mass is 16.5. The predicted molar refractivity (Wildman–Crippen MR) is 140 cm³/mol. The molecular weight excluding hydrogens is 448 g/mol. The van der Waals surface area contributed by atoms with Crippen molar-refractivity contribution in [2.24, 2.45) is 5.92 Å². The maximum absolute atomic E-state index is 13.0. The van der Waals surface area contributed by atoms with Crippen molar-refractivity contribution in [2.45, 2.75) is 13.0 Å². The molecule has 0 spiro atoms. The normalized spacial score (nSPS) is 17.0. The molecule has 0 saturated carbocycles. The molecule has 1 aliphatic rings. The highest BCUT2D eigenvalue weighted by Crippen LogP contribution is 2.33. The van der Waals surface area contributed by atoms with Gasteiger partial charge in [0.1, 0.15) is 11.8 Å². The second kappa shape index (κ2) is 9.02. The third-order valence-corrected chi connectivity index (χ3v) is 6.77. The van der Waals surface area contributed by atoms with Crippen LogP contribution < -0.4 is 0 Å². The molecule has 0 bridgehead atoms. The number of carbonyl (C=O) groups excluding carboxylic acids is 2. The van der Waals surface area contributed by atoms with Crippen LogP contribution in [0.4, 0.5) is 0 Å². The van der Waals surface area contributed by atoms with Crippen molar-refractivity contribution in [3.05, 3.63) is 109 Å². The van der Waals surface area contributed by atoms with E-state index in [0.29, 0.717) is 12.2 Å². The Balaban J connectivity index is 1.43. The van der Waals surface area contributed by atoms with Gasteiger partial charge >= 0.3 is 0 Å². The molecule has 2 atom stereocenters. The summed E-state index contributed by atoms with van der Waals surface area (Å²) in [6.45, 7) is 1.76. The zero-order chi connectivity index (χ0) is 24.6. The first-order chi connectivity index (χ1) is 17.6. The molecule has 1 fully saturated rings. The number of rotatable bonds is 6. The zero-order valence-electron chi connectivity index (χ0n) is 19.8. The number of nitrogens with zero attached hydrogens (tertiary/aromatic N) is 2. The molecule has 2 unspecified atom stereocenters. The molecule has 6 rings (SSSR count). The lowest BCUT2D eigenvalue weighted by Gasteiger charge is -2.33. The van der Waals surface area contributed by atoms with Crippen LogP contribution in [-0.2, 0) is 9.53 Å². The first kappa shape index (κ1) is 22.1. The van der Waals surface area contributed by atoms with Gasteiger partial charge in [-0.05, 0) is 29.7 Å². The average Bonchev–Trinajstić information content (AvgIpc) is 3.33. The number of carbonyl (C=O) groups is 2. The SMILES string of the molecule is CC(=O)C1OCC1C(=O)c1ccc(-c2cc(-c3ccccc3)cn3cc(-c4ccccc4)nc23)cc1. The number of aromatic nitrogens is 2. The molecule has 0 radical (unpaired) electrons. The van der Waals surface area contributed by atoms with Crippen LogP contribution in [0.25, 0.3) is 39.2 Å². The van der Waals surface area contributed by atoms with E-state index in [0.717, 1.165) is 39.2 Å². The molecule has 36 heavy (non-hydrogen) atoms. The number of benzene rings is 3. The minimum atomic E-state index is -0.624. The summed E-state index contributed by atoms with van der Waals surface area (Å²) < 4.78 is 7.37. The van der Waals surface area contributed by atoms with Gasteiger partial charge in [0.15, 0.2) is 11.6 Å². The summed E-state index contributed by atoms with van der Waals surface area (Å²) in [5, 5.41) is 0. The number of ether oxygens (including phenoxy) is 1. The third-order valence-electron chi connectivity index (χ3n) is 6.77. The Hall–Kier alpha value is -4.35. The van der Waals surface area contributed by atoms with Crippen LogP contribution in [0.15, 0.2) is 103 Å². The smallest absolute Gasteiger partial charge is 0.171 e. The third kappa shape index (κ3) is 3.93. The van der Waals surface area contributed by atoms with Gasteiger partial charge in [0.25, 0.3) is 0 Å². The minimum absolute atomic E-state index is 0.0524. The molecule has 5 nitrogen and oxygen atoms in total.